The number of likely N-dealkylation sites (N-methyl/N-ethyl adjacent to an activating group) is 1. The summed E-state index contributed by atoms with van der Waals surface area (Å²) < 4.78 is 0. The smallest absolute Gasteiger partial charge is 0.0485 e. The topological polar surface area (TPSA) is 18.5 Å². The first kappa shape index (κ1) is 14.1. The van der Waals surface area contributed by atoms with Crippen LogP contribution in [0.5, 0.6) is 0 Å². The van der Waals surface area contributed by atoms with E-state index in [0.717, 1.165) is 13.1 Å². The van der Waals surface area contributed by atoms with Gasteiger partial charge in [-0.15, -0.1) is 0 Å². The maximum Gasteiger partial charge on any atom is 0.0485 e. The van der Waals surface area contributed by atoms with Crippen LogP contribution in [0.3, 0.4) is 0 Å². The Morgan fingerprint density at radius 1 is 1.05 bits per heavy atom. The molecule has 2 aliphatic heterocycles. The van der Waals surface area contributed by atoms with Crippen molar-refractivity contribution in [1.82, 2.24) is 15.1 Å². The quantitative estimate of drug-likeness (QED) is 0.887. The minimum absolute atomic E-state index is 0.262. The molecule has 2 heterocycles. The summed E-state index contributed by atoms with van der Waals surface area (Å²) in [7, 11) is 2.24. The lowest BCUT2D eigenvalue weighted by Crippen LogP contribution is -2.58. The van der Waals surface area contributed by atoms with Gasteiger partial charge >= 0.3 is 0 Å². The minimum atomic E-state index is 0.262. The summed E-state index contributed by atoms with van der Waals surface area (Å²) in [6.45, 7) is 9.28. The molecule has 0 aliphatic carbocycles. The van der Waals surface area contributed by atoms with Crippen LogP contribution < -0.4 is 5.32 Å². The van der Waals surface area contributed by atoms with Crippen molar-refractivity contribution in [1.29, 1.82) is 0 Å². The molecule has 0 atom stereocenters. The highest BCUT2D eigenvalue weighted by molar-refractivity contribution is 5.30. The fourth-order valence-corrected chi connectivity index (χ4v) is 3.80. The predicted molar refractivity (Wildman–Crippen MR) is 84.0 cm³/mol. The van der Waals surface area contributed by atoms with E-state index in [-0.39, 0.29) is 5.54 Å². The number of aryl methyl sites for hydroxylation is 1. The number of piperidine rings is 1. The van der Waals surface area contributed by atoms with Gasteiger partial charge < -0.3 is 10.2 Å². The van der Waals surface area contributed by atoms with Gasteiger partial charge in [-0.3, -0.25) is 4.90 Å². The van der Waals surface area contributed by atoms with Crippen LogP contribution in [-0.2, 0) is 5.54 Å². The molecule has 0 unspecified atom stereocenters. The van der Waals surface area contributed by atoms with Crippen LogP contribution >= 0.6 is 0 Å². The lowest BCUT2D eigenvalue weighted by molar-refractivity contribution is 0.0149. The van der Waals surface area contributed by atoms with Crippen molar-refractivity contribution in [2.45, 2.75) is 25.3 Å². The van der Waals surface area contributed by atoms with E-state index in [1.165, 1.54) is 50.1 Å². The van der Waals surface area contributed by atoms with Gasteiger partial charge in [0.25, 0.3) is 0 Å². The van der Waals surface area contributed by atoms with Gasteiger partial charge in [0.2, 0.25) is 0 Å². The Morgan fingerprint density at radius 3 is 2.40 bits per heavy atom. The number of piperazine rings is 1. The van der Waals surface area contributed by atoms with Crippen molar-refractivity contribution in [3.8, 4) is 0 Å². The molecule has 0 bridgehead atoms. The van der Waals surface area contributed by atoms with E-state index in [9.17, 15) is 0 Å². The molecule has 3 rings (SSSR count). The highest BCUT2D eigenvalue weighted by Crippen LogP contribution is 2.38. The van der Waals surface area contributed by atoms with Gasteiger partial charge in [-0.25, -0.2) is 0 Å². The summed E-state index contributed by atoms with van der Waals surface area (Å²) in [6.07, 6.45) is 2.47. The Labute approximate surface area is 123 Å². The van der Waals surface area contributed by atoms with E-state index < -0.39 is 0 Å². The average molecular weight is 273 g/mol. The monoisotopic (exact) mass is 273 g/mol. The lowest BCUT2D eigenvalue weighted by Gasteiger charge is -2.50. The summed E-state index contributed by atoms with van der Waals surface area (Å²) >= 11 is 0. The number of nitrogens with one attached hydrogen (secondary N) is 1. The van der Waals surface area contributed by atoms with E-state index in [4.69, 9.17) is 0 Å². The van der Waals surface area contributed by atoms with Gasteiger partial charge in [-0.05, 0) is 45.5 Å². The molecule has 2 fully saturated rings. The highest BCUT2D eigenvalue weighted by Gasteiger charge is 2.40. The van der Waals surface area contributed by atoms with E-state index in [0.29, 0.717) is 0 Å². The van der Waals surface area contributed by atoms with E-state index in [1.807, 2.05) is 0 Å². The summed E-state index contributed by atoms with van der Waals surface area (Å²) in [5.74, 6) is 0. The summed E-state index contributed by atoms with van der Waals surface area (Å²) in [5.41, 5.74) is 3.18. The van der Waals surface area contributed by atoms with Crippen molar-refractivity contribution >= 4 is 0 Å². The van der Waals surface area contributed by atoms with Gasteiger partial charge in [0.05, 0.1) is 0 Å². The van der Waals surface area contributed by atoms with E-state index in [1.54, 1.807) is 0 Å². The van der Waals surface area contributed by atoms with Gasteiger partial charge in [-0.2, -0.15) is 0 Å². The second kappa shape index (κ2) is 5.84. The van der Waals surface area contributed by atoms with Gasteiger partial charge in [-0.1, -0.05) is 29.8 Å². The van der Waals surface area contributed by atoms with Crippen LogP contribution in [0.25, 0.3) is 0 Å². The number of hydrogen-bond donors (Lipinski definition) is 1. The fourth-order valence-electron chi connectivity index (χ4n) is 3.80. The lowest BCUT2D eigenvalue weighted by atomic mass is 9.79. The van der Waals surface area contributed by atoms with Crippen molar-refractivity contribution < 1.29 is 0 Å². The minimum Gasteiger partial charge on any atom is -0.317 e. The van der Waals surface area contributed by atoms with Crippen molar-refractivity contribution in [3.05, 3.63) is 35.4 Å². The van der Waals surface area contributed by atoms with Crippen LogP contribution in [0.2, 0.25) is 0 Å². The molecule has 1 aromatic rings. The molecule has 2 saturated heterocycles. The largest absolute Gasteiger partial charge is 0.317 e. The van der Waals surface area contributed by atoms with Gasteiger partial charge in [0.15, 0.2) is 0 Å². The Bertz CT molecular complexity index is 443. The van der Waals surface area contributed by atoms with Gasteiger partial charge in [0, 0.05) is 31.7 Å². The molecule has 110 valence electrons. The van der Waals surface area contributed by atoms with Crippen LogP contribution in [0, 0.1) is 6.92 Å². The molecular weight excluding hydrogens is 246 g/mol. The molecule has 3 nitrogen and oxygen atoms in total. The average Bonchev–Trinajstić information content (AvgIpc) is 2.49. The molecule has 0 radical (unpaired) electrons. The second-order valence-corrected chi connectivity index (χ2v) is 6.44. The summed E-state index contributed by atoms with van der Waals surface area (Å²) in [5, 5.41) is 3.53. The zero-order chi connectivity index (χ0) is 14.0. The first-order chi connectivity index (χ1) is 9.71. The Morgan fingerprint density at radius 2 is 1.75 bits per heavy atom. The molecule has 20 heavy (non-hydrogen) atoms. The molecule has 0 amide bonds. The standard InChI is InChI=1S/C17H27N3/c1-15-4-3-5-16(14-15)17(6-8-18-9-7-17)20-12-10-19(2)11-13-20/h3-5,14,18H,6-13H2,1-2H3. The van der Waals surface area contributed by atoms with Crippen LogP contribution in [0.1, 0.15) is 24.0 Å². The number of nitrogens with zero attached hydrogens (tertiary/aromatic N) is 2. The first-order valence-corrected chi connectivity index (χ1v) is 7.92. The SMILES string of the molecule is Cc1cccc(C2(N3CCN(C)CC3)CCNCC2)c1. The zero-order valence-corrected chi connectivity index (χ0v) is 12.9. The molecule has 3 heteroatoms. The molecule has 0 spiro atoms. The third-order valence-corrected chi connectivity index (χ3v) is 5.09. The number of rotatable bonds is 2. The van der Waals surface area contributed by atoms with Crippen molar-refractivity contribution in [3.63, 3.8) is 0 Å². The Balaban J connectivity index is 1.92. The zero-order valence-electron chi connectivity index (χ0n) is 12.9. The maximum absolute atomic E-state index is 3.53. The van der Waals surface area contributed by atoms with Gasteiger partial charge in [0.1, 0.15) is 0 Å². The van der Waals surface area contributed by atoms with Crippen molar-refractivity contribution in [2.75, 3.05) is 46.3 Å². The molecule has 0 aromatic heterocycles. The highest BCUT2D eigenvalue weighted by atomic mass is 15.3. The molecule has 2 aliphatic rings. The third kappa shape index (κ3) is 2.62. The normalized spacial score (nSPS) is 24.7. The molecular formula is C17H27N3. The molecule has 1 N–H and O–H groups in total. The third-order valence-electron chi connectivity index (χ3n) is 5.09. The van der Waals surface area contributed by atoms with Crippen LogP contribution in [-0.4, -0.2) is 56.1 Å². The summed E-state index contributed by atoms with van der Waals surface area (Å²) in [4.78, 5) is 5.20. The fraction of sp³-hybridized carbons (Fsp3) is 0.647. The van der Waals surface area contributed by atoms with Crippen LogP contribution in [0.15, 0.2) is 24.3 Å². The summed E-state index contributed by atoms with van der Waals surface area (Å²) in [6, 6.07) is 9.19. The first-order valence-electron chi connectivity index (χ1n) is 7.92. The van der Waals surface area contributed by atoms with Crippen LogP contribution in [0.4, 0.5) is 0 Å². The number of benzene rings is 1. The molecule has 1 aromatic carbocycles. The van der Waals surface area contributed by atoms with Crippen molar-refractivity contribution in [2.24, 2.45) is 0 Å². The predicted octanol–water partition coefficient (Wildman–Crippen LogP) is 1.82. The van der Waals surface area contributed by atoms with E-state index in [2.05, 4.69) is 53.4 Å². The number of hydrogen-bond acceptors (Lipinski definition) is 3. The van der Waals surface area contributed by atoms with E-state index >= 15 is 0 Å². The second-order valence-electron chi connectivity index (χ2n) is 6.44. The molecule has 0 saturated carbocycles. The maximum atomic E-state index is 3.53. The Hall–Kier alpha value is -0.900. The Kier molecular flexibility index (Phi) is 4.11.